The van der Waals surface area contributed by atoms with Crippen molar-refractivity contribution < 1.29 is 32.6 Å². The highest BCUT2D eigenvalue weighted by molar-refractivity contribution is 5.92. The van der Waals surface area contributed by atoms with Crippen molar-refractivity contribution in [3.63, 3.8) is 0 Å². The molecule has 0 heterocycles. The molecule has 0 aromatic heterocycles. The quantitative estimate of drug-likeness (QED) is 0.494. The maximum atomic E-state index is 12.7. The SMILES string of the molecule is COC(=O)c1ccc(CN(C)C(=O)/C=C/c2cccc(OC)c2OC(F)F)cc1. The van der Waals surface area contributed by atoms with Gasteiger partial charge in [-0.1, -0.05) is 24.3 Å². The lowest BCUT2D eigenvalue weighted by molar-refractivity contribution is -0.125. The predicted molar refractivity (Wildman–Crippen MR) is 103 cm³/mol. The smallest absolute Gasteiger partial charge is 0.387 e. The minimum Gasteiger partial charge on any atom is -0.493 e. The van der Waals surface area contributed by atoms with Crippen molar-refractivity contribution in [2.75, 3.05) is 21.3 Å². The van der Waals surface area contributed by atoms with Crippen LogP contribution in [-0.4, -0.2) is 44.7 Å². The van der Waals surface area contributed by atoms with Gasteiger partial charge in [0.2, 0.25) is 5.91 Å². The van der Waals surface area contributed by atoms with Gasteiger partial charge in [-0.25, -0.2) is 4.79 Å². The summed E-state index contributed by atoms with van der Waals surface area (Å²) in [6.07, 6.45) is 2.65. The second-order valence-corrected chi connectivity index (χ2v) is 5.97. The third kappa shape index (κ3) is 6.03. The van der Waals surface area contributed by atoms with Gasteiger partial charge in [-0.3, -0.25) is 4.79 Å². The first kappa shape index (κ1) is 21.9. The number of alkyl halides is 2. The maximum Gasteiger partial charge on any atom is 0.387 e. The molecular formula is C21H21F2NO5. The van der Waals surface area contributed by atoms with Crippen LogP contribution in [0.25, 0.3) is 6.08 Å². The van der Waals surface area contributed by atoms with Gasteiger partial charge < -0.3 is 19.1 Å². The summed E-state index contributed by atoms with van der Waals surface area (Å²) in [6.45, 7) is -2.73. The molecule has 0 spiro atoms. The average molecular weight is 405 g/mol. The fraction of sp³-hybridized carbons (Fsp3) is 0.238. The Kier molecular flexibility index (Phi) is 7.70. The van der Waals surface area contributed by atoms with E-state index in [1.54, 1.807) is 37.4 Å². The van der Waals surface area contributed by atoms with E-state index >= 15 is 0 Å². The highest BCUT2D eigenvalue weighted by atomic mass is 19.3. The number of carbonyl (C=O) groups is 2. The summed E-state index contributed by atoms with van der Waals surface area (Å²) in [5.74, 6) is -0.786. The highest BCUT2D eigenvalue weighted by Crippen LogP contribution is 2.33. The second kappa shape index (κ2) is 10.2. The van der Waals surface area contributed by atoms with E-state index in [0.29, 0.717) is 12.1 Å². The van der Waals surface area contributed by atoms with Crippen molar-refractivity contribution in [3.8, 4) is 11.5 Å². The van der Waals surface area contributed by atoms with Crippen LogP contribution in [0.1, 0.15) is 21.5 Å². The summed E-state index contributed by atoms with van der Waals surface area (Å²) in [6, 6.07) is 11.3. The number of likely N-dealkylation sites (N-methyl/N-ethyl adjacent to an activating group) is 1. The molecule has 6 nitrogen and oxygen atoms in total. The Bertz CT molecular complexity index is 881. The van der Waals surface area contributed by atoms with Gasteiger partial charge >= 0.3 is 12.6 Å². The summed E-state index contributed by atoms with van der Waals surface area (Å²) < 4.78 is 39.6. The van der Waals surface area contributed by atoms with Crippen molar-refractivity contribution in [3.05, 3.63) is 65.2 Å². The zero-order valence-electron chi connectivity index (χ0n) is 16.2. The van der Waals surface area contributed by atoms with E-state index < -0.39 is 12.6 Å². The molecule has 0 aliphatic carbocycles. The number of nitrogens with zero attached hydrogens (tertiary/aromatic N) is 1. The number of carbonyl (C=O) groups excluding carboxylic acids is 2. The van der Waals surface area contributed by atoms with E-state index in [9.17, 15) is 18.4 Å². The Labute approximate surface area is 167 Å². The molecule has 1 amide bonds. The lowest BCUT2D eigenvalue weighted by atomic mass is 10.1. The Morgan fingerprint density at radius 1 is 1.10 bits per heavy atom. The normalized spacial score (nSPS) is 10.8. The van der Waals surface area contributed by atoms with Gasteiger partial charge in [0.15, 0.2) is 11.5 Å². The molecule has 0 aliphatic rings. The van der Waals surface area contributed by atoms with E-state index in [-0.39, 0.29) is 23.0 Å². The summed E-state index contributed by atoms with van der Waals surface area (Å²) in [7, 11) is 4.24. The molecule has 2 aromatic rings. The molecule has 29 heavy (non-hydrogen) atoms. The fourth-order valence-electron chi connectivity index (χ4n) is 2.54. The molecule has 0 bridgehead atoms. The van der Waals surface area contributed by atoms with E-state index in [2.05, 4.69) is 9.47 Å². The van der Waals surface area contributed by atoms with E-state index in [0.717, 1.165) is 5.56 Å². The number of rotatable bonds is 8. The van der Waals surface area contributed by atoms with Crippen LogP contribution in [-0.2, 0) is 16.1 Å². The number of hydrogen-bond donors (Lipinski definition) is 0. The van der Waals surface area contributed by atoms with E-state index in [1.165, 1.54) is 43.4 Å². The number of hydrogen-bond acceptors (Lipinski definition) is 5. The zero-order valence-corrected chi connectivity index (χ0v) is 16.2. The molecule has 0 N–H and O–H groups in total. The monoisotopic (exact) mass is 405 g/mol. The molecular weight excluding hydrogens is 384 g/mol. The Morgan fingerprint density at radius 2 is 1.79 bits per heavy atom. The molecule has 0 atom stereocenters. The summed E-state index contributed by atoms with van der Waals surface area (Å²) >= 11 is 0. The molecule has 0 saturated heterocycles. The van der Waals surface area contributed by atoms with Crippen molar-refractivity contribution in [1.82, 2.24) is 4.90 Å². The molecule has 0 radical (unpaired) electrons. The molecule has 2 rings (SSSR count). The van der Waals surface area contributed by atoms with Crippen LogP contribution >= 0.6 is 0 Å². The Morgan fingerprint density at radius 3 is 2.38 bits per heavy atom. The number of ether oxygens (including phenoxy) is 3. The number of esters is 1. The average Bonchev–Trinajstić information content (AvgIpc) is 2.72. The Hall–Kier alpha value is -3.42. The first-order chi connectivity index (χ1) is 13.8. The Balaban J connectivity index is 2.09. The van der Waals surface area contributed by atoms with Crippen molar-refractivity contribution in [2.24, 2.45) is 0 Å². The standard InChI is InChI=1S/C21H21F2NO5/c1-24(13-14-7-9-16(10-8-14)20(26)28-3)18(25)12-11-15-5-4-6-17(27-2)19(15)29-21(22)23/h4-12,21H,13H2,1-3H3/b12-11+. The third-order valence-corrected chi connectivity index (χ3v) is 4.01. The molecule has 0 fully saturated rings. The number of amides is 1. The van der Waals surface area contributed by atoms with Crippen molar-refractivity contribution >= 4 is 18.0 Å². The molecule has 2 aromatic carbocycles. The van der Waals surface area contributed by atoms with Crippen LogP contribution in [0.4, 0.5) is 8.78 Å². The van der Waals surface area contributed by atoms with E-state index in [1.807, 2.05) is 0 Å². The van der Waals surface area contributed by atoms with E-state index in [4.69, 9.17) is 4.74 Å². The largest absolute Gasteiger partial charge is 0.493 e. The number of halogens is 2. The van der Waals surface area contributed by atoms with Crippen molar-refractivity contribution in [2.45, 2.75) is 13.2 Å². The fourth-order valence-corrected chi connectivity index (χ4v) is 2.54. The summed E-state index contributed by atoms with van der Waals surface area (Å²) in [5.41, 5.74) is 1.51. The molecule has 0 unspecified atom stereocenters. The van der Waals surface area contributed by atoms with Crippen LogP contribution in [0, 0.1) is 0 Å². The number of para-hydroxylation sites is 1. The minimum atomic E-state index is -3.02. The first-order valence-corrected chi connectivity index (χ1v) is 8.58. The van der Waals surface area contributed by atoms with Gasteiger partial charge in [0.25, 0.3) is 0 Å². The summed E-state index contributed by atoms with van der Waals surface area (Å²) in [5, 5.41) is 0. The number of benzene rings is 2. The minimum absolute atomic E-state index is 0.138. The topological polar surface area (TPSA) is 65.1 Å². The van der Waals surface area contributed by atoms with Crippen LogP contribution in [0.3, 0.4) is 0 Å². The van der Waals surface area contributed by atoms with Crippen LogP contribution in [0.15, 0.2) is 48.5 Å². The van der Waals surface area contributed by atoms with Crippen LogP contribution in [0.5, 0.6) is 11.5 Å². The zero-order chi connectivity index (χ0) is 21.4. The predicted octanol–water partition coefficient (Wildman–Crippen LogP) is 3.76. The van der Waals surface area contributed by atoms with Crippen LogP contribution < -0.4 is 9.47 Å². The van der Waals surface area contributed by atoms with Gasteiger partial charge in [-0.2, -0.15) is 8.78 Å². The van der Waals surface area contributed by atoms with Crippen molar-refractivity contribution in [1.29, 1.82) is 0 Å². The third-order valence-electron chi connectivity index (χ3n) is 4.01. The molecule has 8 heteroatoms. The van der Waals surface area contributed by atoms with Gasteiger partial charge in [0.1, 0.15) is 0 Å². The molecule has 0 aliphatic heterocycles. The second-order valence-electron chi connectivity index (χ2n) is 5.97. The highest BCUT2D eigenvalue weighted by Gasteiger charge is 2.14. The lowest BCUT2D eigenvalue weighted by Crippen LogP contribution is -2.24. The van der Waals surface area contributed by atoms with Gasteiger partial charge in [-0.05, 0) is 29.8 Å². The molecule has 0 saturated carbocycles. The summed E-state index contributed by atoms with van der Waals surface area (Å²) in [4.78, 5) is 25.3. The number of methoxy groups -OCH3 is 2. The lowest BCUT2D eigenvalue weighted by Gasteiger charge is -2.16. The first-order valence-electron chi connectivity index (χ1n) is 8.58. The van der Waals surface area contributed by atoms with Gasteiger partial charge in [-0.15, -0.1) is 0 Å². The molecule has 154 valence electrons. The van der Waals surface area contributed by atoms with Gasteiger partial charge in [0, 0.05) is 25.2 Å². The maximum absolute atomic E-state index is 12.7. The van der Waals surface area contributed by atoms with Gasteiger partial charge in [0.05, 0.1) is 19.8 Å². The van der Waals surface area contributed by atoms with Crippen LogP contribution in [0.2, 0.25) is 0 Å².